The lowest BCUT2D eigenvalue weighted by Crippen LogP contribution is -2.22. The average molecular weight is 336 g/mol. The van der Waals surface area contributed by atoms with Crippen molar-refractivity contribution < 1.29 is 4.79 Å². The summed E-state index contributed by atoms with van der Waals surface area (Å²) in [4.78, 5) is 17.9. The molecule has 20 heavy (non-hydrogen) atoms. The zero-order chi connectivity index (χ0) is 14.4. The Morgan fingerprint density at radius 1 is 1.35 bits per heavy atom. The van der Waals surface area contributed by atoms with Gasteiger partial charge in [-0.15, -0.1) is 10.2 Å². The summed E-state index contributed by atoms with van der Waals surface area (Å²) < 4.78 is 0.995. The number of hydrogen-bond acceptors (Lipinski definition) is 4. The molecule has 2 rings (SSSR count). The first-order valence-corrected chi connectivity index (χ1v) is 6.88. The molecule has 2 N–H and O–H groups in total. The summed E-state index contributed by atoms with van der Waals surface area (Å²) in [5.74, 6) is 0.408. The van der Waals surface area contributed by atoms with Gasteiger partial charge in [0.15, 0.2) is 0 Å². The molecule has 104 valence electrons. The Bertz CT molecular complexity index is 605. The highest BCUT2D eigenvalue weighted by atomic mass is 79.9. The van der Waals surface area contributed by atoms with Gasteiger partial charge in [-0.05, 0) is 24.3 Å². The summed E-state index contributed by atoms with van der Waals surface area (Å²) in [7, 11) is 0. The van der Waals surface area contributed by atoms with E-state index < -0.39 is 0 Å². The molecule has 0 aliphatic rings. The predicted octanol–water partition coefficient (Wildman–Crippen LogP) is 3.27. The lowest BCUT2D eigenvalue weighted by atomic mass is 10.3. The monoisotopic (exact) mass is 335 g/mol. The second kappa shape index (κ2) is 6.95. The van der Waals surface area contributed by atoms with E-state index in [2.05, 4.69) is 41.4 Å². The Morgan fingerprint density at radius 2 is 2.10 bits per heavy atom. The molecule has 0 radical (unpaired) electrons. The number of carbonyl (C=O) groups is 1. The van der Waals surface area contributed by atoms with Gasteiger partial charge in [0.05, 0.1) is 11.9 Å². The topological polar surface area (TPSA) is 82.5 Å². The number of nitrogens with one attached hydrogen (secondary N) is 2. The normalized spacial score (nSPS) is 10.9. The number of halogens is 1. The van der Waals surface area contributed by atoms with Crippen LogP contribution in [0, 0.1) is 0 Å². The summed E-state index contributed by atoms with van der Waals surface area (Å²) in [6.45, 7) is 2.06. The molecule has 1 amide bonds. The fraction of sp³-hybridized carbons (Fsp3) is 0.231. The van der Waals surface area contributed by atoms with Gasteiger partial charge in [0, 0.05) is 30.1 Å². The maximum Gasteiger partial charge on any atom is 0.246 e. The van der Waals surface area contributed by atoms with Crippen molar-refractivity contribution in [2.75, 3.05) is 6.54 Å². The molecule has 7 heteroatoms. The summed E-state index contributed by atoms with van der Waals surface area (Å²) >= 11 is 3.36. The highest BCUT2D eigenvalue weighted by Crippen LogP contribution is 2.18. The molecule has 6 nitrogen and oxygen atoms in total. The minimum Gasteiger partial charge on any atom is -0.356 e. The largest absolute Gasteiger partial charge is 0.356 e. The SMILES string of the molecule is CC(=O)NCCc1cnc(N=Nc2ccc(Br)cc2)[nH]1. The van der Waals surface area contributed by atoms with Gasteiger partial charge in [0.25, 0.3) is 0 Å². The molecule has 0 aliphatic heterocycles. The van der Waals surface area contributed by atoms with Gasteiger partial charge < -0.3 is 10.3 Å². The number of nitrogens with zero attached hydrogens (tertiary/aromatic N) is 3. The molecule has 1 aromatic heterocycles. The number of imidazole rings is 1. The fourth-order valence-corrected chi connectivity index (χ4v) is 1.78. The maximum absolute atomic E-state index is 10.7. The van der Waals surface area contributed by atoms with E-state index in [9.17, 15) is 4.79 Å². The number of rotatable bonds is 5. The Labute approximate surface area is 124 Å². The van der Waals surface area contributed by atoms with Crippen molar-refractivity contribution in [1.82, 2.24) is 15.3 Å². The standard InChI is InChI=1S/C13H14BrN5O/c1-9(20)15-7-6-12-8-16-13(17-12)19-18-11-4-2-10(14)3-5-11/h2-5,8H,6-7H2,1H3,(H,15,20)(H,16,17). The molecule has 0 spiro atoms. The maximum atomic E-state index is 10.7. The number of carbonyl (C=O) groups excluding carboxylic acids is 1. The second-order valence-corrected chi connectivity index (χ2v) is 5.06. The molecule has 0 aliphatic carbocycles. The summed E-state index contributed by atoms with van der Waals surface area (Å²) in [6.07, 6.45) is 2.37. The molecule has 0 saturated heterocycles. The van der Waals surface area contributed by atoms with E-state index in [-0.39, 0.29) is 5.91 Å². The van der Waals surface area contributed by atoms with Crippen molar-refractivity contribution in [3.05, 3.63) is 40.6 Å². The molecule has 0 unspecified atom stereocenters. The van der Waals surface area contributed by atoms with Gasteiger partial charge in [0.2, 0.25) is 11.9 Å². The first kappa shape index (κ1) is 14.4. The van der Waals surface area contributed by atoms with Crippen LogP contribution in [0.3, 0.4) is 0 Å². The van der Waals surface area contributed by atoms with E-state index in [1.54, 1.807) is 6.20 Å². The van der Waals surface area contributed by atoms with Crippen molar-refractivity contribution in [2.24, 2.45) is 10.2 Å². The predicted molar refractivity (Wildman–Crippen MR) is 79.3 cm³/mol. The quantitative estimate of drug-likeness (QED) is 0.822. The Balaban J connectivity index is 1.92. The minimum absolute atomic E-state index is 0.0420. The van der Waals surface area contributed by atoms with Gasteiger partial charge >= 0.3 is 0 Å². The van der Waals surface area contributed by atoms with E-state index in [1.807, 2.05) is 24.3 Å². The van der Waals surface area contributed by atoms with E-state index >= 15 is 0 Å². The summed E-state index contributed by atoms with van der Waals surface area (Å²) in [5, 5.41) is 10.8. The van der Waals surface area contributed by atoms with Crippen LogP contribution >= 0.6 is 15.9 Å². The third kappa shape index (κ3) is 4.58. The van der Waals surface area contributed by atoms with Crippen molar-refractivity contribution in [2.45, 2.75) is 13.3 Å². The Morgan fingerprint density at radius 3 is 2.80 bits per heavy atom. The third-order valence-corrected chi connectivity index (χ3v) is 3.00. The first-order chi connectivity index (χ1) is 9.63. The van der Waals surface area contributed by atoms with Crippen LogP contribution in [0.15, 0.2) is 45.2 Å². The molecule has 0 saturated carbocycles. The number of aromatic nitrogens is 2. The molecule has 2 aromatic rings. The van der Waals surface area contributed by atoms with Crippen LogP contribution in [0.1, 0.15) is 12.6 Å². The van der Waals surface area contributed by atoms with Crippen molar-refractivity contribution in [1.29, 1.82) is 0 Å². The number of amides is 1. The van der Waals surface area contributed by atoms with Crippen LogP contribution in [0.4, 0.5) is 11.6 Å². The van der Waals surface area contributed by atoms with E-state index in [0.717, 1.165) is 15.9 Å². The number of azo groups is 1. The first-order valence-electron chi connectivity index (χ1n) is 6.09. The lowest BCUT2D eigenvalue weighted by Gasteiger charge is -1.98. The Hall–Kier alpha value is -2.02. The van der Waals surface area contributed by atoms with Crippen molar-refractivity contribution in [3.8, 4) is 0 Å². The summed E-state index contributed by atoms with van der Waals surface area (Å²) in [6, 6.07) is 7.51. The van der Waals surface area contributed by atoms with Crippen LogP contribution in [0.25, 0.3) is 0 Å². The van der Waals surface area contributed by atoms with Crippen LogP contribution in [-0.4, -0.2) is 22.4 Å². The van der Waals surface area contributed by atoms with Crippen LogP contribution in [-0.2, 0) is 11.2 Å². The molecule has 1 aromatic carbocycles. The van der Waals surface area contributed by atoms with E-state index in [4.69, 9.17) is 0 Å². The molecule has 0 bridgehead atoms. The molecular formula is C13H14BrN5O. The van der Waals surface area contributed by atoms with E-state index in [1.165, 1.54) is 6.92 Å². The molecular weight excluding hydrogens is 322 g/mol. The van der Waals surface area contributed by atoms with Gasteiger partial charge in [-0.3, -0.25) is 4.79 Å². The smallest absolute Gasteiger partial charge is 0.246 e. The molecule has 0 atom stereocenters. The lowest BCUT2D eigenvalue weighted by molar-refractivity contribution is -0.118. The third-order valence-electron chi connectivity index (χ3n) is 2.47. The van der Waals surface area contributed by atoms with E-state index in [0.29, 0.717) is 18.9 Å². The number of benzene rings is 1. The number of aromatic amines is 1. The van der Waals surface area contributed by atoms with Gasteiger partial charge in [-0.25, -0.2) is 4.98 Å². The number of H-pyrrole nitrogens is 1. The Kier molecular flexibility index (Phi) is 5.00. The fourth-order valence-electron chi connectivity index (χ4n) is 1.51. The van der Waals surface area contributed by atoms with Gasteiger partial charge in [0.1, 0.15) is 0 Å². The zero-order valence-electron chi connectivity index (χ0n) is 10.9. The summed E-state index contributed by atoms with van der Waals surface area (Å²) in [5.41, 5.74) is 1.66. The van der Waals surface area contributed by atoms with Gasteiger partial charge in [-0.1, -0.05) is 15.9 Å². The van der Waals surface area contributed by atoms with Crippen LogP contribution in [0.5, 0.6) is 0 Å². The molecule has 1 heterocycles. The highest BCUT2D eigenvalue weighted by Gasteiger charge is 2.00. The average Bonchev–Trinajstić information content (AvgIpc) is 2.86. The number of hydrogen-bond donors (Lipinski definition) is 2. The van der Waals surface area contributed by atoms with Gasteiger partial charge in [-0.2, -0.15) is 0 Å². The minimum atomic E-state index is -0.0420. The van der Waals surface area contributed by atoms with Crippen LogP contribution in [0.2, 0.25) is 0 Å². The zero-order valence-corrected chi connectivity index (χ0v) is 12.5. The second-order valence-electron chi connectivity index (χ2n) is 4.14. The van der Waals surface area contributed by atoms with Crippen molar-refractivity contribution in [3.63, 3.8) is 0 Å². The molecule has 0 fully saturated rings. The highest BCUT2D eigenvalue weighted by molar-refractivity contribution is 9.10. The van der Waals surface area contributed by atoms with Crippen LogP contribution < -0.4 is 5.32 Å². The van der Waals surface area contributed by atoms with Crippen molar-refractivity contribution >= 4 is 33.5 Å².